The van der Waals surface area contributed by atoms with Crippen molar-refractivity contribution in [3.63, 3.8) is 0 Å². The van der Waals surface area contributed by atoms with Gasteiger partial charge in [-0.05, 0) is 46.4 Å². The maximum Gasteiger partial charge on any atom is 0.169 e. The zero-order valence-corrected chi connectivity index (χ0v) is 10.8. The molecule has 2 heterocycles. The van der Waals surface area contributed by atoms with Gasteiger partial charge in [-0.15, -0.1) is 11.3 Å². The van der Waals surface area contributed by atoms with E-state index in [-0.39, 0.29) is 0 Å². The number of halogens is 1. The molecule has 15 heavy (non-hydrogen) atoms. The van der Waals surface area contributed by atoms with Gasteiger partial charge in [0.2, 0.25) is 0 Å². The summed E-state index contributed by atoms with van der Waals surface area (Å²) in [6.07, 6.45) is 0. The van der Waals surface area contributed by atoms with Gasteiger partial charge in [0, 0.05) is 10.9 Å². The predicted octanol–water partition coefficient (Wildman–Crippen LogP) is 3.95. The van der Waals surface area contributed by atoms with Crippen molar-refractivity contribution in [2.45, 2.75) is 19.5 Å². The topological polar surface area (TPSA) is 25.2 Å². The minimum Gasteiger partial charge on any atom is -0.453 e. The fraction of sp³-hybridized carbons (Fsp3) is 0.273. The second-order valence-corrected chi connectivity index (χ2v) is 5.08. The lowest BCUT2D eigenvalue weighted by atomic mass is 10.2. The van der Waals surface area contributed by atoms with E-state index in [4.69, 9.17) is 4.42 Å². The van der Waals surface area contributed by atoms with E-state index in [1.54, 1.807) is 11.3 Å². The molecule has 1 N–H and O–H groups in total. The van der Waals surface area contributed by atoms with E-state index in [0.29, 0.717) is 6.04 Å². The molecule has 1 unspecified atom stereocenters. The van der Waals surface area contributed by atoms with E-state index in [1.165, 1.54) is 4.88 Å². The molecular weight excluding hydrogens is 274 g/mol. The van der Waals surface area contributed by atoms with Crippen molar-refractivity contribution >= 4 is 27.3 Å². The molecule has 2 aromatic heterocycles. The Kier molecular flexibility index (Phi) is 3.61. The van der Waals surface area contributed by atoms with Crippen molar-refractivity contribution < 1.29 is 4.42 Å². The number of hydrogen-bond acceptors (Lipinski definition) is 3. The summed E-state index contributed by atoms with van der Waals surface area (Å²) in [7, 11) is 0. The van der Waals surface area contributed by atoms with Crippen molar-refractivity contribution in [1.29, 1.82) is 0 Å². The van der Waals surface area contributed by atoms with Crippen LogP contribution in [0, 0.1) is 0 Å². The molecule has 80 valence electrons. The van der Waals surface area contributed by atoms with Gasteiger partial charge in [0.05, 0.1) is 6.54 Å². The van der Waals surface area contributed by atoms with E-state index in [1.807, 2.05) is 12.1 Å². The molecule has 0 saturated carbocycles. The second-order valence-electron chi connectivity index (χ2n) is 3.32. The Morgan fingerprint density at radius 1 is 1.47 bits per heavy atom. The monoisotopic (exact) mass is 285 g/mol. The third kappa shape index (κ3) is 2.93. The van der Waals surface area contributed by atoms with Crippen molar-refractivity contribution in [1.82, 2.24) is 5.32 Å². The van der Waals surface area contributed by atoms with Crippen LogP contribution in [0.25, 0.3) is 0 Å². The van der Waals surface area contributed by atoms with E-state index < -0.39 is 0 Å². The molecule has 0 aliphatic carbocycles. The first-order valence-electron chi connectivity index (χ1n) is 4.76. The molecule has 2 aromatic rings. The summed E-state index contributed by atoms with van der Waals surface area (Å²) in [5, 5.41) is 5.50. The van der Waals surface area contributed by atoms with Crippen LogP contribution in [0.1, 0.15) is 23.6 Å². The van der Waals surface area contributed by atoms with Gasteiger partial charge in [-0.1, -0.05) is 6.07 Å². The molecule has 0 spiro atoms. The van der Waals surface area contributed by atoms with E-state index in [0.717, 1.165) is 17.0 Å². The largest absolute Gasteiger partial charge is 0.453 e. The van der Waals surface area contributed by atoms with Gasteiger partial charge in [-0.25, -0.2) is 0 Å². The van der Waals surface area contributed by atoms with Gasteiger partial charge in [0.25, 0.3) is 0 Å². The van der Waals surface area contributed by atoms with Crippen LogP contribution in [-0.4, -0.2) is 0 Å². The molecule has 0 aromatic carbocycles. The van der Waals surface area contributed by atoms with Crippen LogP contribution in [0.5, 0.6) is 0 Å². The number of furan rings is 1. The van der Waals surface area contributed by atoms with Gasteiger partial charge < -0.3 is 9.73 Å². The summed E-state index contributed by atoms with van der Waals surface area (Å²) in [6.45, 7) is 2.91. The number of hydrogen-bond donors (Lipinski definition) is 1. The third-order valence-electron chi connectivity index (χ3n) is 2.18. The zero-order chi connectivity index (χ0) is 10.7. The highest BCUT2D eigenvalue weighted by Gasteiger charge is 2.06. The van der Waals surface area contributed by atoms with Gasteiger partial charge in [-0.2, -0.15) is 0 Å². The normalized spacial score (nSPS) is 12.9. The van der Waals surface area contributed by atoms with Crippen LogP contribution in [0.15, 0.2) is 38.7 Å². The molecule has 0 bridgehead atoms. The van der Waals surface area contributed by atoms with Crippen molar-refractivity contribution in [3.05, 3.63) is 45.0 Å². The molecule has 4 heteroatoms. The number of rotatable bonds is 4. The lowest BCUT2D eigenvalue weighted by Gasteiger charge is -2.10. The van der Waals surface area contributed by atoms with Crippen LogP contribution in [0.4, 0.5) is 0 Å². The SMILES string of the molecule is CC(NCc1ccc(Br)o1)c1cccs1. The Bertz CT molecular complexity index is 410. The highest BCUT2D eigenvalue weighted by molar-refractivity contribution is 9.10. The first-order valence-corrected chi connectivity index (χ1v) is 6.44. The molecule has 1 atom stereocenters. The first kappa shape index (κ1) is 10.9. The van der Waals surface area contributed by atoms with Crippen LogP contribution >= 0.6 is 27.3 Å². The minimum absolute atomic E-state index is 0.369. The maximum absolute atomic E-state index is 5.41. The highest BCUT2D eigenvalue weighted by Crippen LogP contribution is 2.19. The van der Waals surface area contributed by atoms with E-state index in [2.05, 4.69) is 45.7 Å². The fourth-order valence-electron chi connectivity index (χ4n) is 1.34. The Morgan fingerprint density at radius 2 is 2.33 bits per heavy atom. The van der Waals surface area contributed by atoms with Crippen LogP contribution < -0.4 is 5.32 Å². The molecule has 0 amide bonds. The lowest BCUT2D eigenvalue weighted by molar-refractivity contribution is 0.448. The Morgan fingerprint density at radius 3 is 2.93 bits per heavy atom. The average Bonchev–Trinajstić information content (AvgIpc) is 2.84. The quantitative estimate of drug-likeness (QED) is 0.920. The summed E-state index contributed by atoms with van der Waals surface area (Å²) >= 11 is 5.05. The molecule has 0 saturated heterocycles. The molecule has 0 aliphatic rings. The molecular formula is C11H12BrNOS. The van der Waals surface area contributed by atoms with Gasteiger partial charge in [-0.3, -0.25) is 0 Å². The Labute approximate surface area is 101 Å². The van der Waals surface area contributed by atoms with Crippen LogP contribution in [-0.2, 0) is 6.54 Å². The third-order valence-corrected chi connectivity index (χ3v) is 3.66. The summed E-state index contributed by atoms with van der Waals surface area (Å²) in [5.74, 6) is 0.949. The van der Waals surface area contributed by atoms with Crippen molar-refractivity contribution in [2.75, 3.05) is 0 Å². The molecule has 0 radical (unpaired) electrons. The van der Waals surface area contributed by atoms with Gasteiger partial charge in [0.1, 0.15) is 5.76 Å². The first-order chi connectivity index (χ1) is 7.25. The van der Waals surface area contributed by atoms with Gasteiger partial charge in [0.15, 0.2) is 4.67 Å². The molecule has 0 fully saturated rings. The summed E-state index contributed by atoms with van der Waals surface area (Å²) in [5.41, 5.74) is 0. The number of thiophene rings is 1. The summed E-state index contributed by atoms with van der Waals surface area (Å²) in [6, 6.07) is 8.46. The minimum atomic E-state index is 0.369. The Balaban J connectivity index is 1.88. The van der Waals surface area contributed by atoms with Crippen LogP contribution in [0.2, 0.25) is 0 Å². The predicted molar refractivity (Wildman–Crippen MR) is 66.0 cm³/mol. The van der Waals surface area contributed by atoms with Crippen molar-refractivity contribution in [2.24, 2.45) is 0 Å². The highest BCUT2D eigenvalue weighted by atomic mass is 79.9. The fourth-order valence-corrected chi connectivity index (χ4v) is 2.44. The van der Waals surface area contributed by atoms with E-state index >= 15 is 0 Å². The second kappa shape index (κ2) is 4.96. The summed E-state index contributed by atoms with van der Waals surface area (Å²) < 4.78 is 6.19. The molecule has 2 rings (SSSR count). The number of nitrogens with one attached hydrogen (secondary N) is 1. The molecule has 0 aliphatic heterocycles. The lowest BCUT2D eigenvalue weighted by Crippen LogP contribution is -2.16. The zero-order valence-electron chi connectivity index (χ0n) is 8.37. The van der Waals surface area contributed by atoms with E-state index in [9.17, 15) is 0 Å². The smallest absolute Gasteiger partial charge is 0.169 e. The molecule has 2 nitrogen and oxygen atoms in total. The standard InChI is InChI=1S/C11H12BrNOS/c1-8(10-3-2-6-15-10)13-7-9-4-5-11(12)14-9/h2-6,8,13H,7H2,1H3. The summed E-state index contributed by atoms with van der Waals surface area (Å²) in [4.78, 5) is 1.35. The Hall–Kier alpha value is -0.580. The van der Waals surface area contributed by atoms with Crippen LogP contribution in [0.3, 0.4) is 0 Å². The van der Waals surface area contributed by atoms with Gasteiger partial charge >= 0.3 is 0 Å². The van der Waals surface area contributed by atoms with Crippen molar-refractivity contribution in [3.8, 4) is 0 Å². The average molecular weight is 286 g/mol. The maximum atomic E-state index is 5.41.